The van der Waals surface area contributed by atoms with Crippen LogP contribution in [0.15, 0.2) is 24.4 Å². The second-order valence-electron chi connectivity index (χ2n) is 4.14. The Morgan fingerprint density at radius 3 is 2.83 bits per heavy atom. The molecule has 2 aromatic rings. The van der Waals surface area contributed by atoms with E-state index >= 15 is 0 Å². The molecular formula is C12H14N4O2. The third kappa shape index (κ3) is 2.10. The molecule has 94 valence electrons. The Balaban J connectivity index is 2.57. The van der Waals surface area contributed by atoms with Gasteiger partial charge in [0.05, 0.1) is 10.6 Å². The number of aryl methyl sites for hydroxylation is 2. The predicted octanol–water partition coefficient (Wildman–Crippen LogP) is 1.76. The van der Waals surface area contributed by atoms with Crippen LogP contribution in [0, 0.1) is 17.0 Å². The van der Waals surface area contributed by atoms with Crippen LogP contribution in [-0.4, -0.2) is 14.7 Å². The van der Waals surface area contributed by atoms with E-state index < -0.39 is 0 Å². The third-order valence-corrected chi connectivity index (χ3v) is 2.80. The molecule has 0 saturated heterocycles. The molecule has 0 fully saturated rings. The van der Waals surface area contributed by atoms with E-state index in [1.807, 2.05) is 12.3 Å². The Morgan fingerprint density at radius 2 is 2.22 bits per heavy atom. The fraction of sp³-hybridized carbons (Fsp3) is 0.250. The van der Waals surface area contributed by atoms with E-state index in [-0.39, 0.29) is 10.6 Å². The highest BCUT2D eigenvalue weighted by atomic mass is 16.6. The summed E-state index contributed by atoms with van der Waals surface area (Å²) < 4.78 is 1.66. The second kappa shape index (κ2) is 4.58. The molecule has 0 saturated carbocycles. The van der Waals surface area contributed by atoms with Crippen LogP contribution >= 0.6 is 0 Å². The molecule has 18 heavy (non-hydrogen) atoms. The van der Waals surface area contributed by atoms with Gasteiger partial charge in [-0.1, -0.05) is 12.1 Å². The van der Waals surface area contributed by atoms with Gasteiger partial charge in [-0.3, -0.25) is 14.8 Å². The SMILES string of the molecule is Cc1ccc(-c2nn(C)cc2CN)cc1[N+](=O)[O-]. The minimum absolute atomic E-state index is 0.0983. The molecule has 0 atom stereocenters. The van der Waals surface area contributed by atoms with Crippen molar-refractivity contribution >= 4 is 5.69 Å². The van der Waals surface area contributed by atoms with E-state index in [4.69, 9.17) is 5.73 Å². The van der Waals surface area contributed by atoms with E-state index in [2.05, 4.69) is 5.10 Å². The van der Waals surface area contributed by atoms with Gasteiger partial charge in [-0.15, -0.1) is 0 Å². The quantitative estimate of drug-likeness (QED) is 0.660. The van der Waals surface area contributed by atoms with Gasteiger partial charge in [-0.25, -0.2) is 0 Å². The molecule has 1 aromatic carbocycles. The Labute approximate surface area is 104 Å². The van der Waals surface area contributed by atoms with Gasteiger partial charge in [0.15, 0.2) is 0 Å². The van der Waals surface area contributed by atoms with Crippen LogP contribution in [0.2, 0.25) is 0 Å². The van der Waals surface area contributed by atoms with Crippen molar-refractivity contribution in [2.45, 2.75) is 13.5 Å². The molecule has 0 aliphatic carbocycles. The maximum atomic E-state index is 10.9. The molecule has 2 rings (SSSR count). The number of aromatic nitrogens is 2. The van der Waals surface area contributed by atoms with E-state index in [1.165, 1.54) is 6.07 Å². The van der Waals surface area contributed by atoms with Crippen molar-refractivity contribution in [3.05, 3.63) is 45.6 Å². The first-order valence-electron chi connectivity index (χ1n) is 5.51. The van der Waals surface area contributed by atoms with Crippen LogP contribution in [0.25, 0.3) is 11.3 Å². The molecule has 2 N–H and O–H groups in total. The summed E-state index contributed by atoms with van der Waals surface area (Å²) in [5, 5.41) is 15.2. The van der Waals surface area contributed by atoms with Crippen molar-refractivity contribution in [3.63, 3.8) is 0 Å². The number of hydrogen-bond donors (Lipinski definition) is 1. The number of nitrogens with two attached hydrogens (primary N) is 1. The number of benzene rings is 1. The van der Waals surface area contributed by atoms with Crippen LogP contribution < -0.4 is 5.73 Å². The summed E-state index contributed by atoms with van der Waals surface area (Å²) in [6.07, 6.45) is 1.82. The predicted molar refractivity (Wildman–Crippen MR) is 67.9 cm³/mol. The number of nitro groups is 1. The van der Waals surface area contributed by atoms with Gasteiger partial charge < -0.3 is 5.73 Å². The van der Waals surface area contributed by atoms with Crippen LogP contribution in [0.4, 0.5) is 5.69 Å². The lowest BCUT2D eigenvalue weighted by molar-refractivity contribution is -0.385. The Morgan fingerprint density at radius 1 is 1.50 bits per heavy atom. The van der Waals surface area contributed by atoms with E-state index in [0.29, 0.717) is 23.4 Å². The highest BCUT2D eigenvalue weighted by molar-refractivity contribution is 5.66. The summed E-state index contributed by atoms with van der Waals surface area (Å²) in [5.74, 6) is 0. The standard InChI is InChI=1S/C12H14N4O2/c1-8-3-4-9(5-11(8)16(17)18)12-10(6-13)7-15(2)14-12/h3-5,7H,6,13H2,1-2H3. The fourth-order valence-corrected chi connectivity index (χ4v) is 1.88. The van der Waals surface area contributed by atoms with Gasteiger partial charge in [0.2, 0.25) is 0 Å². The summed E-state index contributed by atoms with van der Waals surface area (Å²) in [4.78, 5) is 10.5. The number of rotatable bonds is 3. The number of hydrogen-bond acceptors (Lipinski definition) is 4. The summed E-state index contributed by atoms with van der Waals surface area (Å²) in [6, 6.07) is 5.09. The largest absolute Gasteiger partial charge is 0.326 e. The zero-order chi connectivity index (χ0) is 13.3. The summed E-state index contributed by atoms with van der Waals surface area (Å²) >= 11 is 0. The van der Waals surface area contributed by atoms with Gasteiger partial charge in [-0.2, -0.15) is 5.10 Å². The van der Waals surface area contributed by atoms with Crippen molar-refractivity contribution < 1.29 is 4.92 Å². The second-order valence-corrected chi connectivity index (χ2v) is 4.14. The zero-order valence-corrected chi connectivity index (χ0v) is 10.3. The molecule has 6 heteroatoms. The Hall–Kier alpha value is -2.21. The molecule has 1 heterocycles. The van der Waals surface area contributed by atoms with Crippen molar-refractivity contribution in [1.29, 1.82) is 0 Å². The van der Waals surface area contributed by atoms with E-state index in [1.54, 1.807) is 24.7 Å². The monoisotopic (exact) mass is 246 g/mol. The van der Waals surface area contributed by atoms with Crippen molar-refractivity contribution in [2.24, 2.45) is 12.8 Å². The van der Waals surface area contributed by atoms with Gasteiger partial charge in [0.25, 0.3) is 5.69 Å². The minimum atomic E-state index is -0.385. The summed E-state index contributed by atoms with van der Waals surface area (Å²) in [5.41, 5.74) is 8.66. The average Bonchev–Trinajstić information content (AvgIpc) is 2.70. The van der Waals surface area contributed by atoms with E-state index in [9.17, 15) is 10.1 Å². The summed E-state index contributed by atoms with van der Waals surface area (Å²) in [7, 11) is 1.80. The van der Waals surface area contributed by atoms with Crippen LogP contribution in [0.5, 0.6) is 0 Å². The van der Waals surface area contributed by atoms with Gasteiger partial charge in [0.1, 0.15) is 0 Å². The molecule has 0 radical (unpaired) electrons. The first kappa shape index (κ1) is 12.3. The van der Waals surface area contributed by atoms with Gasteiger partial charge in [0, 0.05) is 42.5 Å². The highest BCUT2D eigenvalue weighted by Gasteiger charge is 2.15. The van der Waals surface area contributed by atoms with E-state index in [0.717, 1.165) is 5.56 Å². The first-order chi connectivity index (χ1) is 8.52. The molecule has 0 spiro atoms. The first-order valence-corrected chi connectivity index (χ1v) is 5.51. The minimum Gasteiger partial charge on any atom is -0.326 e. The number of nitro benzene ring substituents is 1. The maximum Gasteiger partial charge on any atom is 0.272 e. The lowest BCUT2D eigenvalue weighted by Gasteiger charge is -2.02. The maximum absolute atomic E-state index is 10.9. The fourth-order valence-electron chi connectivity index (χ4n) is 1.88. The molecule has 0 unspecified atom stereocenters. The molecule has 6 nitrogen and oxygen atoms in total. The molecule has 0 aliphatic heterocycles. The van der Waals surface area contributed by atoms with Crippen LogP contribution in [0.3, 0.4) is 0 Å². The van der Waals surface area contributed by atoms with Crippen LogP contribution in [-0.2, 0) is 13.6 Å². The highest BCUT2D eigenvalue weighted by Crippen LogP contribution is 2.27. The lowest BCUT2D eigenvalue weighted by atomic mass is 10.0. The third-order valence-electron chi connectivity index (χ3n) is 2.80. The van der Waals surface area contributed by atoms with Gasteiger partial charge >= 0.3 is 0 Å². The van der Waals surface area contributed by atoms with Crippen molar-refractivity contribution in [1.82, 2.24) is 9.78 Å². The smallest absolute Gasteiger partial charge is 0.272 e. The normalized spacial score (nSPS) is 10.6. The molecule has 1 aromatic heterocycles. The lowest BCUT2D eigenvalue weighted by Crippen LogP contribution is -1.97. The molecule has 0 amide bonds. The summed E-state index contributed by atoms with van der Waals surface area (Å²) in [6.45, 7) is 2.06. The Kier molecular flexibility index (Phi) is 3.12. The van der Waals surface area contributed by atoms with Crippen molar-refractivity contribution in [3.8, 4) is 11.3 Å². The topological polar surface area (TPSA) is 87.0 Å². The van der Waals surface area contributed by atoms with Gasteiger partial charge in [-0.05, 0) is 6.92 Å². The zero-order valence-electron chi connectivity index (χ0n) is 10.3. The Bertz CT molecular complexity index is 604. The molecule has 0 bridgehead atoms. The number of nitrogens with zero attached hydrogens (tertiary/aromatic N) is 3. The average molecular weight is 246 g/mol. The molecular weight excluding hydrogens is 232 g/mol. The van der Waals surface area contributed by atoms with Crippen molar-refractivity contribution in [2.75, 3.05) is 0 Å². The molecule has 0 aliphatic rings. The van der Waals surface area contributed by atoms with Crippen LogP contribution in [0.1, 0.15) is 11.1 Å².